The van der Waals surface area contributed by atoms with Crippen molar-refractivity contribution in [3.8, 4) is 0 Å². The molecule has 3 rings (SSSR count). The first-order valence-corrected chi connectivity index (χ1v) is 8.91. The minimum absolute atomic E-state index is 0.0394. The standard InChI is InChI=1S/C14H18ClNO.C4H9N/c15-13-10-6-5-9-12(13)14(17)16-11-7-3-1-2-4-8-11;1-2-4-5-3-1/h5-6,9-11H,1-4,7-8H2,(H,16,17);5H,1-4H2. The third-order valence-electron chi connectivity index (χ3n) is 4.27. The maximum absolute atomic E-state index is 12.1. The maximum Gasteiger partial charge on any atom is 0.253 e. The van der Waals surface area contributed by atoms with Crippen molar-refractivity contribution in [2.24, 2.45) is 0 Å². The number of hydrogen-bond donors (Lipinski definition) is 2. The lowest BCUT2D eigenvalue weighted by atomic mass is 10.1. The molecule has 1 heterocycles. The van der Waals surface area contributed by atoms with Crippen LogP contribution in [0, 0.1) is 0 Å². The molecule has 0 atom stereocenters. The van der Waals surface area contributed by atoms with Crippen molar-refractivity contribution in [2.45, 2.75) is 57.4 Å². The summed E-state index contributed by atoms with van der Waals surface area (Å²) in [5, 5.41) is 6.84. The van der Waals surface area contributed by atoms with Crippen LogP contribution in [0.4, 0.5) is 0 Å². The summed E-state index contributed by atoms with van der Waals surface area (Å²) >= 11 is 6.01. The number of nitrogens with one attached hydrogen (secondary N) is 2. The molecule has 0 radical (unpaired) electrons. The molecule has 2 aliphatic rings. The zero-order valence-electron chi connectivity index (χ0n) is 13.2. The van der Waals surface area contributed by atoms with Gasteiger partial charge in [-0.1, -0.05) is 49.4 Å². The van der Waals surface area contributed by atoms with Crippen molar-refractivity contribution >= 4 is 17.5 Å². The second-order valence-electron chi connectivity index (χ2n) is 6.10. The SMILES string of the molecule is C1CCNC1.O=C(NC1CCCCCC1)c1ccccc1Cl. The van der Waals surface area contributed by atoms with Crippen LogP contribution in [0.2, 0.25) is 5.02 Å². The summed E-state index contributed by atoms with van der Waals surface area (Å²) in [6, 6.07) is 7.53. The zero-order valence-corrected chi connectivity index (χ0v) is 14.0. The van der Waals surface area contributed by atoms with E-state index in [9.17, 15) is 4.79 Å². The molecule has 1 aliphatic heterocycles. The van der Waals surface area contributed by atoms with Gasteiger partial charge in [-0.15, -0.1) is 0 Å². The fraction of sp³-hybridized carbons (Fsp3) is 0.611. The van der Waals surface area contributed by atoms with Crippen molar-refractivity contribution in [1.82, 2.24) is 10.6 Å². The van der Waals surface area contributed by atoms with Gasteiger partial charge in [-0.05, 0) is 50.9 Å². The van der Waals surface area contributed by atoms with Crippen LogP contribution < -0.4 is 10.6 Å². The van der Waals surface area contributed by atoms with Gasteiger partial charge in [0.25, 0.3) is 5.91 Å². The van der Waals surface area contributed by atoms with Gasteiger partial charge in [-0.3, -0.25) is 4.79 Å². The van der Waals surface area contributed by atoms with Crippen molar-refractivity contribution < 1.29 is 4.79 Å². The monoisotopic (exact) mass is 322 g/mol. The summed E-state index contributed by atoms with van der Waals surface area (Å²) in [4.78, 5) is 12.1. The molecule has 1 saturated heterocycles. The summed E-state index contributed by atoms with van der Waals surface area (Å²) < 4.78 is 0. The van der Waals surface area contributed by atoms with Gasteiger partial charge in [-0.25, -0.2) is 0 Å². The second-order valence-corrected chi connectivity index (χ2v) is 6.51. The molecule has 1 amide bonds. The topological polar surface area (TPSA) is 41.1 Å². The van der Waals surface area contributed by atoms with Crippen LogP contribution in [0.25, 0.3) is 0 Å². The van der Waals surface area contributed by atoms with Gasteiger partial charge >= 0.3 is 0 Å². The van der Waals surface area contributed by atoms with Crippen molar-refractivity contribution in [1.29, 1.82) is 0 Å². The van der Waals surface area contributed by atoms with Crippen molar-refractivity contribution in [2.75, 3.05) is 13.1 Å². The number of carbonyl (C=O) groups is 1. The van der Waals surface area contributed by atoms with Gasteiger partial charge < -0.3 is 10.6 Å². The molecule has 2 N–H and O–H groups in total. The fourth-order valence-corrected chi connectivity index (χ4v) is 3.18. The van der Waals surface area contributed by atoms with E-state index in [0.29, 0.717) is 16.6 Å². The van der Waals surface area contributed by atoms with E-state index in [1.165, 1.54) is 51.6 Å². The Morgan fingerprint density at radius 2 is 1.64 bits per heavy atom. The molecule has 122 valence electrons. The van der Waals surface area contributed by atoms with E-state index in [2.05, 4.69) is 10.6 Å². The number of benzene rings is 1. The number of hydrogen-bond acceptors (Lipinski definition) is 2. The Labute approximate surface area is 138 Å². The molecule has 0 aromatic heterocycles. The molecule has 3 nitrogen and oxygen atoms in total. The van der Waals surface area contributed by atoms with Gasteiger partial charge in [0.05, 0.1) is 10.6 Å². The van der Waals surface area contributed by atoms with Crippen LogP contribution >= 0.6 is 11.6 Å². The highest BCUT2D eigenvalue weighted by Crippen LogP contribution is 2.19. The maximum atomic E-state index is 12.1. The predicted molar refractivity (Wildman–Crippen MR) is 92.5 cm³/mol. The van der Waals surface area contributed by atoms with Crippen LogP contribution in [0.3, 0.4) is 0 Å². The van der Waals surface area contributed by atoms with Gasteiger partial charge in [0.1, 0.15) is 0 Å². The summed E-state index contributed by atoms with van der Waals surface area (Å²) in [5.41, 5.74) is 0.582. The van der Waals surface area contributed by atoms with Crippen LogP contribution in [0.1, 0.15) is 61.7 Å². The summed E-state index contributed by atoms with van der Waals surface area (Å²) in [6.45, 7) is 2.50. The molecule has 1 aromatic carbocycles. The Morgan fingerprint density at radius 3 is 2.18 bits per heavy atom. The van der Waals surface area contributed by atoms with Crippen LogP contribution in [-0.4, -0.2) is 25.0 Å². The van der Waals surface area contributed by atoms with Crippen molar-refractivity contribution in [3.63, 3.8) is 0 Å². The van der Waals surface area contributed by atoms with E-state index in [4.69, 9.17) is 11.6 Å². The molecule has 1 saturated carbocycles. The zero-order chi connectivity index (χ0) is 15.6. The van der Waals surface area contributed by atoms with E-state index < -0.39 is 0 Å². The minimum atomic E-state index is -0.0394. The number of halogens is 1. The lowest BCUT2D eigenvalue weighted by molar-refractivity contribution is 0.0933. The average Bonchev–Trinajstić information content (AvgIpc) is 3.01. The third-order valence-corrected chi connectivity index (χ3v) is 4.60. The van der Waals surface area contributed by atoms with E-state index in [-0.39, 0.29) is 5.91 Å². The largest absolute Gasteiger partial charge is 0.349 e. The third kappa shape index (κ3) is 5.98. The molecule has 1 aromatic rings. The molecule has 4 heteroatoms. The lowest BCUT2D eigenvalue weighted by Crippen LogP contribution is -2.34. The molecular formula is C18H27ClN2O. The first-order valence-electron chi connectivity index (χ1n) is 8.53. The summed E-state index contributed by atoms with van der Waals surface area (Å²) in [5.74, 6) is -0.0394. The summed E-state index contributed by atoms with van der Waals surface area (Å²) in [6.07, 6.45) is 9.98. The lowest BCUT2D eigenvalue weighted by Gasteiger charge is -2.16. The smallest absolute Gasteiger partial charge is 0.253 e. The summed E-state index contributed by atoms with van der Waals surface area (Å²) in [7, 11) is 0. The Morgan fingerprint density at radius 1 is 1.00 bits per heavy atom. The highest BCUT2D eigenvalue weighted by Gasteiger charge is 2.16. The number of rotatable bonds is 2. The normalized spacial score (nSPS) is 19.0. The number of carbonyl (C=O) groups excluding carboxylic acids is 1. The van der Waals surface area contributed by atoms with Gasteiger partial charge in [-0.2, -0.15) is 0 Å². The first-order chi connectivity index (χ1) is 10.8. The second kappa shape index (κ2) is 9.86. The van der Waals surface area contributed by atoms with Crippen LogP contribution in [0.15, 0.2) is 24.3 Å². The quantitative estimate of drug-likeness (QED) is 0.803. The molecule has 2 fully saturated rings. The predicted octanol–water partition coefficient (Wildman–Crippen LogP) is 4.16. The molecule has 0 bridgehead atoms. The van der Waals surface area contributed by atoms with Gasteiger partial charge in [0.2, 0.25) is 0 Å². The van der Waals surface area contributed by atoms with Crippen LogP contribution in [0.5, 0.6) is 0 Å². The average molecular weight is 323 g/mol. The van der Waals surface area contributed by atoms with E-state index >= 15 is 0 Å². The fourth-order valence-electron chi connectivity index (χ4n) is 2.96. The highest BCUT2D eigenvalue weighted by atomic mass is 35.5. The Kier molecular flexibility index (Phi) is 7.75. The van der Waals surface area contributed by atoms with Crippen LogP contribution in [-0.2, 0) is 0 Å². The van der Waals surface area contributed by atoms with E-state index in [1.807, 2.05) is 12.1 Å². The molecule has 0 unspecified atom stereocenters. The molecule has 1 aliphatic carbocycles. The highest BCUT2D eigenvalue weighted by molar-refractivity contribution is 6.33. The first kappa shape index (κ1) is 17.3. The van der Waals surface area contributed by atoms with E-state index in [1.54, 1.807) is 12.1 Å². The molecular weight excluding hydrogens is 296 g/mol. The molecule has 0 spiro atoms. The van der Waals surface area contributed by atoms with Crippen molar-refractivity contribution in [3.05, 3.63) is 34.9 Å². The van der Waals surface area contributed by atoms with Gasteiger partial charge in [0, 0.05) is 6.04 Å². The Balaban J connectivity index is 0.000000299. The Hall–Kier alpha value is -1.06. The minimum Gasteiger partial charge on any atom is -0.349 e. The molecule has 22 heavy (non-hydrogen) atoms. The van der Waals surface area contributed by atoms with Gasteiger partial charge in [0.15, 0.2) is 0 Å². The van der Waals surface area contributed by atoms with E-state index in [0.717, 1.165) is 12.8 Å². The number of amides is 1. The Bertz CT molecular complexity index is 445.